The summed E-state index contributed by atoms with van der Waals surface area (Å²) < 4.78 is 18.9. The molecule has 3 N–H and O–H groups in total. The molecule has 1 aliphatic heterocycles. The number of morpholine rings is 1. The Morgan fingerprint density at radius 1 is 1.52 bits per heavy atom. The fraction of sp³-hybridized carbons (Fsp3) is 0.562. The molecule has 1 aromatic carbocycles. The van der Waals surface area contributed by atoms with Gasteiger partial charge in [-0.2, -0.15) is 0 Å². The Morgan fingerprint density at radius 2 is 2.30 bits per heavy atom. The number of halogens is 2. The molecule has 1 heterocycles. The van der Waals surface area contributed by atoms with Crippen molar-refractivity contribution in [3.63, 3.8) is 0 Å². The van der Waals surface area contributed by atoms with Crippen molar-refractivity contribution in [2.75, 3.05) is 38.1 Å². The van der Waals surface area contributed by atoms with Crippen LogP contribution in [0.15, 0.2) is 18.2 Å². The predicted octanol–water partition coefficient (Wildman–Crippen LogP) is 1.71. The van der Waals surface area contributed by atoms with Gasteiger partial charge in [-0.3, -0.25) is 0 Å². The van der Waals surface area contributed by atoms with Crippen LogP contribution in [-0.4, -0.2) is 44.0 Å². The lowest BCUT2D eigenvalue weighted by atomic mass is 10.2. The SMILES string of the molecule is CC(C)C[NH+]1CCO[C@@H](CNC(=S)Nc2ccc(F)c(Cl)c2)C1. The van der Waals surface area contributed by atoms with Gasteiger partial charge in [0.15, 0.2) is 5.11 Å². The standard InChI is InChI=1S/C16H23ClFN3OS/c1-11(2)9-21-5-6-22-13(10-21)8-19-16(23)20-12-3-4-15(18)14(17)7-12/h3-4,7,11,13H,5-6,8-10H2,1-2H3,(H2,19,20,23)/p+1/t13-/m0/s1. The largest absolute Gasteiger partial charge is 0.365 e. The van der Waals surface area contributed by atoms with Crippen LogP contribution in [-0.2, 0) is 4.74 Å². The lowest BCUT2D eigenvalue weighted by Crippen LogP contribution is -3.15. The van der Waals surface area contributed by atoms with Gasteiger partial charge in [-0.15, -0.1) is 0 Å². The highest BCUT2D eigenvalue weighted by Crippen LogP contribution is 2.19. The van der Waals surface area contributed by atoms with Crippen molar-refractivity contribution < 1.29 is 14.0 Å². The zero-order chi connectivity index (χ0) is 16.8. The van der Waals surface area contributed by atoms with E-state index >= 15 is 0 Å². The average molecular weight is 361 g/mol. The van der Waals surface area contributed by atoms with Gasteiger partial charge in [0.2, 0.25) is 0 Å². The molecule has 0 radical (unpaired) electrons. The van der Waals surface area contributed by atoms with Gasteiger partial charge in [0.25, 0.3) is 0 Å². The highest BCUT2D eigenvalue weighted by molar-refractivity contribution is 7.80. The summed E-state index contributed by atoms with van der Waals surface area (Å²) in [5.74, 6) is 0.239. The maximum absolute atomic E-state index is 13.1. The van der Waals surface area contributed by atoms with E-state index in [4.69, 9.17) is 28.6 Å². The molecule has 1 aliphatic rings. The van der Waals surface area contributed by atoms with E-state index in [1.807, 2.05) is 0 Å². The maximum atomic E-state index is 13.1. The number of benzene rings is 1. The molecule has 0 bridgehead atoms. The van der Waals surface area contributed by atoms with E-state index in [9.17, 15) is 4.39 Å². The van der Waals surface area contributed by atoms with E-state index in [-0.39, 0.29) is 11.1 Å². The minimum absolute atomic E-state index is 0.0707. The fourth-order valence-electron chi connectivity index (χ4n) is 2.70. The molecule has 2 rings (SSSR count). The molecule has 1 aromatic rings. The third-order valence-corrected chi connectivity index (χ3v) is 4.23. The summed E-state index contributed by atoms with van der Waals surface area (Å²) in [5.41, 5.74) is 0.658. The number of nitrogens with one attached hydrogen (secondary N) is 3. The summed E-state index contributed by atoms with van der Waals surface area (Å²) in [6.07, 6.45) is 0.147. The van der Waals surface area contributed by atoms with Crippen LogP contribution in [0.5, 0.6) is 0 Å². The summed E-state index contributed by atoms with van der Waals surface area (Å²) in [6.45, 7) is 9.12. The molecule has 1 fully saturated rings. The second-order valence-corrected chi connectivity index (χ2v) is 7.07. The highest BCUT2D eigenvalue weighted by atomic mass is 35.5. The van der Waals surface area contributed by atoms with Crippen molar-refractivity contribution in [1.82, 2.24) is 5.32 Å². The predicted molar refractivity (Wildman–Crippen MR) is 95.8 cm³/mol. The van der Waals surface area contributed by atoms with Crippen LogP contribution in [0.3, 0.4) is 0 Å². The van der Waals surface area contributed by atoms with Crippen molar-refractivity contribution in [2.45, 2.75) is 20.0 Å². The number of hydrogen-bond donors (Lipinski definition) is 3. The Bertz CT molecular complexity index is 544. The highest BCUT2D eigenvalue weighted by Gasteiger charge is 2.24. The third-order valence-electron chi connectivity index (χ3n) is 3.69. The molecular formula is C16H24ClFN3OS+. The Labute approximate surface area is 147 Å². The summed E-state index contributed by atoms with van der Waals surface area (Å²) in [7, 11) is 0. The number of quaternary nitrogens is 1. The van der Waals surface area contributed by atoms with Crippen molar-refractivity contribution in [3.8, 4) is 0 Å². The second kappa shape index (κ2) is 8.78. The smallest absolute Gasteiger partial charge is 0.170 e. The molecule has 7 heteroatoms. The molecular weight excluding hydrogens is 337 g/mol. The summed E-state index contributed by atoms with van der Waals surface area (Å²) >= 11 is 11.0. The number of anilines is 1. The van der Waals surface area contributed by atoms with Crippen molar-refractivity contribution >= 4 is 34.6 Å². The first-order valence-electron chi connectivity index (χ1n) is 7.89. The Morgan fingerprint density at radius 3 is 3.00 bits per heavy atom. The molecule has 4 nitrogen and oxygen atoms in total. The van der Waals surface area contributed by atoms with E-state index in [0.717, 1.165) is 26.2 Å². The number of hydrogen-bond acceptors (Lipinski definition) is 2. The number of thiocarbonyl (C=S) groups is 1. The molecule has 0 amide bonds. The molecule has 23 heavy (non-hydrogen) atoms. The minimum Gasteiger partial charge on any atom is -0.365 e. The van der Waals surface area contributed by atoms with E-state index in [1.165, 1.54) is 12.1 Å². The Kier molecular flexibility index (Phi) is 7.02. The molecule has 0 saturated carbocycles. The van der Waals surface area contributed by atoms with Crippen LogP contribution in [0.1, 0.15) is 13.8 Å². The summed E-state index contributed by atoms with van der Waals surface area (Å²) in [5, 5.41) is 6.70. The van der Waals surface area contributed by atoms with E-state index in [0.29, 0.717) is 23.3 Å². The van der Waals surface area contributed by atoms with Gasteiger partial charge in [-0.1, -0.05) is 25.4 Å². The second-order valence-electron chi connectivity index (χ2n) is 6.26. The van der Waals surface area contributed by atoms with Crippen LogP contribution < -0.4 is 15.5 Å². The van der Waals surface area contributed by atoms with Gasteiger partial charge >= 0.3 is 0 Å². The first-order valence-corrected chi connectivity index (χ1v) is 8.67. The number of ether oxygens (including phenoxy) is 1. The topological polar surface area (TPSA) is 37.7 Å². The van der Waals surface area contributed by atoms with Crippen molar-refractivity contribution in [3.05, 3.63) is 29.0 Å². The zero-order valence-corrected chi connectivity index (χ0v) is 15.1. The molecule has 0 spiro atoms. The lowest BCUT2D eigenvalue weighted by molar-refractivity contribution is -0.914. The monoisotopic (exact) mass is 360 g/mol. The summed E-state index contributed by atoms with van der Waals surface area (Å²) in [4.78, 5) is 1.57. The molecule has 1 saturated heterocycles. The van der Waals surface area contributed by atoms with Crippen LogP contribution in [0, 0.1) is 11.7 Å². The lowest BCUT2D eigenvalue weighted by Gasteiger charge is -2.31. The molecule has 0 aromatic heterocycles. The zero-order valence-electron chi connectivity index (χ0n) is 13.5. The van der Waals surface area contributed by atoms with Gasteiger partial charge < -0.3 is 20.3 Å². The van der Waals surface area contributed by atoms with Crippen LogP contribution >= 0.6 is 23.8 Å². The first-order chi connectivity index (χ1) is 10.9. The van der Waals surface area contributed by atoms with Crippen molar-refractivity contribution in [2.24, 2.45) is 5.92 Å². The maximum Gasteiger partial charge on any atom is 0.170 e. The molecule has 1 unspecified atom stereocenters. The Hall–Kier alpha value is -0.950. The Balaban J connectivity index is 1.76. The van der Waals surface area contributed by atoms with Gasteiger partial charge in [0.1, 0.15) is 25.0 Å². The van der Waals surface area contributed by atoms with Crippen LogP contribution in [0.4, 0.5) is 10.1 Å². The normalized spacial score (nSPS) is 21.3. The number of rotatable bonds is 5. The van der Waals surface area contributed by atoms with Gasteiger partial charge in [-0.05, 0) is 30.4 Å². The average Bonchev–Trinajstić information content (AvgIpc) is 2.49. The molecule has 128 valence electrons. The van der Waals surface area contributed by atoms with Crippen molar-refractivity contribution in [1.29, 1.82) is 0 Å². The third kappa shape index (κ3) is 6.22. The summed E-state index contributed by atoms with van der Waals surface area (Å²) in [6, 6.07) is 4.42. The fourth-order valence-corrected chi connectivity index (χ4v) is 3.08. The van der Waals surface area contributed by atoms with Gasteiger partial charge in [-0.25, -0.2) is 4.39 Å². The van der Waals surface area contributed by atoms with E-state index < -0.39 is 5.82 Å². The molecule has 0 aliphatic carbocycles. The minimum atomic E-state index is -0.445. The van der Waals surface area contributed by atoms with Crippen LogP contribution in [0.25, 0.3) is 0 Å². The van der Waals surface area contributed by atoms with E-state index in [1.54, 1.807) is 11.0 Å². The van der Waals surface area contributed by atoms with Crippen LogP contribution in [0.2, 0.25) is 5.02 Å². The van der Waals surface area contributed by atoms with Gasteiger partial charge in [0.05, 0.1) is 18.2 Å². The van der Waals surface area contributed by atoms with E-state index in [2.05, 4.69) is 24.5 Å². The molecule has 2 atom stereocenters. The van der Waals surface area contributed by atoms with Gasteiger partial charge in [0, 0.05) is 18.2 Å². The first kappa shape index (κ1) is 18.4. The quantitative estimate of drug-likeness (QED) is 0.699.